The van der Waals surface area contributed by atoms with E-state index in [4.69, 9.17) is 25.8 Å². The minimum absolute atomic E-state index is 0.433. The Kier molecular flexibility index (Phi) is 8.36. The maximum absolute atomic E-state index is 6.52. The van der Waals surface area contributed by atoms with E-state index in [1.807, 2.05) is 37.3 Å². The van der Waals surface area contributed by atoms with Crippen molar-refractivity contribution in [2.75, 3.05) is 19.8 Å². The lowest BCUT2D eigenvalue weighted by molar-refractivity contribution is 0.269. The van der Waals surface area contributed by atoms with E-state index in [9.17, 15) is 0 Å². The molecule has 0 radical (unpaired) electrons. The molecule has 30 heavy (non-hydrogen) atoms. The molecular weight excluding hydrogens is 400 g/mol. The van der Waals surface area contributed by atoms with Gasteiger partial charge in [-0.05, 0) is 43.2 Å². The van der Waals surface area contributed by atoms with Gasteiger partial charge in [0.1, 0.15) is 13.2 Å². The first-order valence-electron chi connectivity index (χ1n) is 10.0. The predicted octanol–water partition coefficient (Wildman–Crippen LogP) is 5.19. The number of aryl methyl sites for hydroxylation is 1. The monoisotopic (exact) mass is 426 g/mol. The molecule has 6 heteroatoms. The topological polar surface area (TPSA) is 52.6 Å². The van der Waals surface area contributed by atoms with Crippen molar-refractivity contribution >= 4 is 11.6 Å². The fourth-order valence-electron chi connectivity index (χ4n) is 2.86. The number of rotatable bonds is 11. The quantitative estimate of drug-likeness (QED) is 0.427. The van der Waals surface area contributed by atoms with Crippen LogP contribution >= 0.6 is 11.6 Å². The highest BCUT2D eigenvalue weighted by Crippen LogP contribution is 2.37. The number of halogens is 1. The highest BCUT2D eigenvalue weighted by Gasteiger charge is 2.13. The molecule has 0 aliphatic carbocycles. The number of nitrogens with zero attached hydrogens (tertiary/aromatic N) is 1. The van der Waals surface area contributed by atoms with Gasteiger partial charge in [0.2, 0.25) is 5.88 Å². The smallest absolute Gasteiger partial charge is 0.213 e. The Morgan fingerprint density at radius 3 is 2.53 bits per heavy atom. The Labute approximate surface area is 183 Å². The summed E-state index contributed by atoms with van der Waals surface area (Å²) in [5, 5.41) is 3.88. The molecule has 3 aromatic rings. The zero-order valence-electron chi connectivity index (χ0n) is 17.4. The summed E-state index contributed by atoms with van der Waals surface area (Å²) >= 11 is 6.52. The summed E-state index contributed by atoms with van der Waals surface area (Å²) < 4.78 is 17.4. The van der Waals surface area contributed by atoms with Crippen molar-refractivity contribution in [3.8, 4) is 17.4 Å². The number of ether oxygens (including phenoxy) is 3. The third kappa shape index (κ3) is 6.65. The molecule has 0 aliphatic heterocycles. The van der Waals surface area contributed by atoms with E-state index in [0.29, 0.717) is 55.3 Å². The molecule has 2 aromatic carbocycles. The molecule has 0 spiro atoms. The molecule has 0 amide bonds. The van der Waals surface area contributed by atoms with Crippen LogP contribution in [-0.2, 0) is 13.2 Å². The van der Waals surface area contributed by atoms with Crippen molar-refractivity contribution in [1.82, 2.24) is 10.3 Å². The Bertz CT molecular complexity index is 918. The average Bonchev–Trinajstić information content (AvgIpc) is 2.75. The van der Waals surface area contributed by atoms with Crippen LogP contribution < -0.4 is 19.5 Å². The molecule has 0 unspecified atom stereocenters. The summed E-state index contributed by atoms with van der Waals surface area (Å²) in [4.78, 5) is 4.13. The number of aromatic nitrogens is 1. The van der Waals surface area contributed by atoms with Crippen molar-refractivity contribution in [2.24, 2.45) is 0 Å². The number of benzene rings is 2. The van der Waals surface area contributed by atoms with Crippen LogP contribution in [0.5, 0.6) is 17.4 Å². The largest absolute Gasteiger partial charge is 0.490 e. The number of hydrogen-bond acceptors (Lipinski definition) is 5. The Morgan fingerprint density at radius 1 is 0.967 bits per heavy atom. The van der Waals surface area contributed by atoms with Gasteiger partial charge in [-0.2, -0.15) is 0 Å². The van der Waals surface area contributed by atoms with Crippen LogP contribution in [0.3, 0.4) is 0 Å². The van der Waals surface area contributed by atoms with Crippen molar-refractivity contribution in [2.45, 2.75) is 27.0 Å². The Balaban J connectivity index is 1.55. The average molecular weight is 427 g/mol. The molecule has 0 fully saturated rings. The number of nitrogens with one attached hydrogen (secondary N) is 1. The summed E-state index contributed by atoms with van der Waals surface area (Å²) in [5.74, 6) is 1.84. The normalized spacial score (nSPS) is 10.6. The lowest BCUT2D eigenvalue weighted by Crippen LogP contribution is -2.20. The van der Waals surface area contributed by atoms with E-state index in [1.165, 1.54) is 5.56 Å². The molecule has 0 atom stereocenters. The molecule has 5 nitrogen and oxygen atoms in total. The van der Waals surface area contributed by atoms with Gasteiger partial charge in [-0.15, -0.1) is 0 Å². The first-order valence-corrected chi connectivity index (χ1v) is 10.4. The molecule has 158 valence electrons. The van der Waals surface area contributed by atoms with Crippen LogP contribution in [0.1, 0.15) is 23.6 Å². The molecule has 0 saturated carbocycles. The lowest BCUT2D eigenvalue weighted by atomic mass is 10.1. The van der Waals surface area contributed by atoms with Gasteiger partial charge in [-0.1, -0.05) is 47.5 Å². The van der Waals surface area contributed by atoms with E-state index in [2.05, 4.69) is 41.5 Å². The highest BCUT2D eigenvalue weighted by molar-refractivity contribution is 6.32. The van der Waals surface area contributed by atoms with Crippen LogP contribution in [-0.4, -0.2) is 24.7 Å². The Morgan fingerprint density at radius 2 is 1.80 bits per heavy atom. The first-order chi connectivity index (χ1) is 14.7. The maximum Gasteiger partial charge on any atom is 0.213 e. The molecular formula is C24H27ClN2O3. The van der Waals surface area contributed by atoms with Crippen molar-refractivity contribution in [1.29, 1.82) is 0 Å². The number of pyridine rings is 1. The minimum atomic E-state index is 0.433. The van der Waals surface area contributed by atoms with Gasteiger partial charge in [0.25, 0.3) is 0 Å². The van der Waals surface area contributed by atoms with Crippen LogP contribution in [0.15, 0.2) is 60.8 Å². The van der Waals surface area contributed by atoms with Crippen LogP contribution in [0.4, 0.5) is 0 Å². The van der Waals surface area contributed by atoms with E-state index in [-0.39, 0.29) is 0 Å². The van der Waals surface area contributed by atoms with E-state index in [1.54, 1.807) is 6.20 Å². The summed E-state index contributed by atoms with van der Waals surface area (Å²) in [6, 6.07) is 17.7. The summed E-state index contributed by atoms with van der Waals surface area (Å²) in [7, 11) is 0. The van der Waals surface area contributed by atoms with E-state index < -0.39 is 0 Å². The van der Waals surface area contributed by atoms with Gasteiger partial charge in [0.15, 0.2) is 11.5 Å². The molecule has 0 saturated heterocycles. The van der Waals surface area contributed by atoms with Crippen LogP contribution in [0.2, 0.25) is 5.02 Å². The van der Waals surface area contributed by atoms with Gasteiger partial charge < -0.3 is 19.5 Å². The van der Waals surface area contributed by atoms with Crippen LogP contribution in [0.25, 0.3) is 0 Å². The van der Waals surface area contributed by atoms with Gasteiger partial charge in [-0.25, -0.2) is 4.98 Å². The van der Waals surface area contributed by atoms with Gasteiger partial charge in [0, 0.05) is 25.4 Å². The Hall–Kier alpha value is -2.76. The number of hydrogen-bond donors (Lipinski definition) is 1. The molecule has 1 heterocycles. The molecule has 0 aliphatic rings. The third-order valence-electron chi connectivity index (χ3n) is 4.37. The maximum atomic E-state index is 6.52. The van der Waals surface area contributed by atoms with Gasteiger partial charge in [-0.3, -0.25) is 0 Å². The molecule has 0 bridgehead atoms. The third-order valence-corrected chi connectivity index (χ3v) is 4.65. The van der Waals surface area contributed by atoms with Crippen molar-refractivity contribution < 1.29 is 14.2 Å². The second-order valence-electron chi connectivity index (χ2n) is 6.81. The molecule has 1 aromatic heterocycles. The zero-order valence-corrected chi connectivity index (χ0v) is 18.1. The van der Waals surface area contributed by atoms with Crippen molar-refractivity contribution in [3.63, 3.8) is 0 Å². The molecule has 1 N–H and O–H groups in total. The molecule has 3 rings (SSSR count). The predicted molar refractivity (Wildman–Crippen MR) is 120 cm³/mol. The van der Waals surface area contributed by atoms with E-state index in [0.717, 1.165) is 11.1 Å². The van der Waals surface area contributed by atoms with Gasteiger partial charge in [0.05, 0.1) is 11.6 Å². The summed E-state index contributed by atoms with van der Waals surface area (Å²) in [6.45, 7) is 6.83. The second-order valence-corrected chi connectivity index (χ2v) is 7.21. The minimum Gasteiger partial charge on any atom is -0.490 e. The SMILES string of the molecule is CCOc1cc(CNCCOc2ccccn2)cc(Cl)c1OCc1ccc(C)cc1. The summed E-state index contributed by atoms with van der Waals surface area (Å²) in [5.41, 5.74) is 3.32. The first kappa shape index (κ1) is 21.9. The van der Waals surface area contributed by atoms with E-state index >= 15 is 0 Å². The summed E-state index contributed by atoms with van der Waals surface area (Å²) in [6.07, 6.45) is 1.71. The van der Waals surface area contributed by atoms with Gasteiger partial charge >= 0.3 is 0 Å². The fraction of sp³-hybridized carbons (Fsp3) is 0.292. The second kappa shape index (κ2) is 11.4. The lowest BCUT2D eigenvalue weighted by Gasteiger charge is -2.16. The van der Waals surface area contributed by atoms with Crippen molar-refractivity contribution in [3.05, 3.63) is 82.5 Å². The van der Waals surface area contributed by atoms with Crippen LogP contribution in [0, 0.1) is 6.92 Å². The standard InChI is InChI=1S/C24H27ClN2O3/c1-3-28-22-15-20(16-26-12-13-29-23-6-4-5-11-27-23)14-21(25)24(22)30-17-19-9-7-18(2)8-10-19/h4-11,14-15,26H,3,12-13,16-17H2,1-2H3. The zero-order chi connectivity index (χ0) is 21.2. The highest BCUT2D eigenvalue weighted by atomic mass is 35.5. The fourth-order valence-corrected chi connectivity index (χ4v) is 3.15.